The van der Waals surface area contributed by atoms with E-state index in [0.717, 1.165) is 17.7 Å². The highest BCUT2D eigenvalue weighted by molar-refractivity contribution is 7.94. The van der Waals surface area contributed by atoms with Crippen molar-refractivity contribution < 1.29 is 8.42 Å². The third kappa shape index (κ3) is 3.58. The molecule has 0 spiro atoms. The van der Waals surface area contributed by atoms with Crippen molar-refractivity contribution in [3.63, 3.8) is 0 Å². The molecule has 1 aromatic carbocycles. The molecule has 0 aliphatic carbocycles. The molecule has 0 saturated carbocycles. The Balaban J connectivity index is 2.16. The monoisotopic (exact) mass is 295 g/mol. The molecule has 0 saturated heterocycles. The highest BCUT2D eigenvalue weighted by Crippen LogP contribution is 2.23. The summed E-state index contributed by atoms with van der Waals surface area (Å²) in [6, 6.07) is 11.0. The molecule has 1 heterocycles. The summed E-state index contributed by atoms with van der Waals surface area (Å²) in [5.74, 6) is 0. The molecule has 2 rings (SSSR count). The smallest absolute Gasteiger partial charge is 0.271 e. The lowest BCUT2D eigenvalue weighted by atomic mass is 10.1. The maximum Gasteiger partial charge on any atom is 0.271 e. The van der Waals surface area contributed by atoms with Crippen LogP contribution < -0.4 is 4.72 Å². The van der Waals surface area contributed by atoms with Gasteiger partial charge in [0.05, 0.1) is 0 Å². The summed E-state index contributed by atoms with van der Waals surface area (Å²) in [6.45, 7) is 4.01. The van der Waals surface area contributed by atoms with Gasteiger partial charge in [0.2, 0.25) is 0 Å². The fourth-order valence-corrected chi connectivity index (χ4v) is 4.13. The minimum atomic E-state index is -3.45. The van der Waals surface area contributed by atoms with Crippen LogP contribution in [0.5, 0.6) is 0 Å². The second-order valence-electron chi connectivity index (χ2n) is 4.42. The Morgan fingerprint density at radius 2 is 1.79 bits per heavy atom. The number of hydrogen-bond donors (Lipinski definition) is 1. The summed E-state index contributed by atoms with van der Waals surface area (Å²) >= 11 is 1.27. The molecule has 0 fully saturated rings. The number of anilines is 1. The van der Waals surface area contributed by atoms with Crippen molar-refractivity contribution in [1.82, 2.24) is 0 Å². The van der Waals surface area contributed by atoms with Gasteiger partial charge in [-0.05, 0) is 43.2 Å². The lowest BCUT2D eigenvalue weighted by Gasteiger charge is -2.07. The molecule has 0 aliphatic rings. The summed E-state index contributed by atoms with van der Waals surface area (Å²) < 4.78 is 27.2. The Morgan fingerprint density at radius 1 is 1.11 bits per heavy atom. The average Bonchev–Trinajstić information content (AvgIpc) is 2.79. The van der Waals surface area contributed by atoms with Gasteiger partial charge in [-0.3, -0.25) is 4.72 Å². The number of sulfonamides is 1. The largest absolute Gasteiger partial charge is 0.279 e. The number of nitrogens with one attached hydrogen (secondary N) is 1. The van der Waals surface area contributed by atoms with Gasteiger partial charge in [-0.2, -0.15) is 0 Å². The normalized spacial score (nSPS) is 11.5. The SMILES string of the molecule is CCCc1ccc(NS(=O)(=O)c2ccc(C)s2)cc1. The van der Waals surface area contributed by atoms with Crippen LogP contribution in [-0.4, -0.2) is 8.42 Å². The number of hydrogen-bond acceptors (Lipinski definition) is 3. The second kappa shape index (κ2) is 5.75. The zero-order valence-corrected chi connectivity index (χ0v) is 12.6. The summed E-state index contributed by atoms with van der Waals surface area (Å²) in [7, 11) is -3.45. The van der Waals surface area contributed by atoms with E-state index in [1.165, 1.54) is 16.9 Å². The molecule has 19 heavy (non-hydrogen) atoms. The minimum Gasteiger partial charge on any atom is -0.279 e. The molecule has 0 amide bonds. The molecule has 0 atom stereocenters. The minimum absolute atomic E-state index is 0.350. The summed E-state index contributed by atoms with van der Waals surface area (Å²) in [5.41, 5.74) is 1.82. The van der Waals surface area contributed by atoms with Crippen molar-refractivity contribution in [2.45, 2.75) is 30.9 Å². The molecule has 1 aromatic heterocycles. The van der Waals surface area contributed by atoms with E-state index >= 15 is 0 Å². The summed E-state index contributed by atoms with van der Waals surface area (Å²) in [5, 5.41) is 0. The van der Waals surface area contributed by atoms with Crippen LogP contribution in [-0.2, 0) is 16.4 Å². The first-order valence-electron chi connectivity index (χ1n) is 6.19. The zero-order chi connectivity index (χ0) is 13.9. The Kier molecular flexibility index (Phi) is 4.27. The third-order valence-corrected chi connectivity index (χ3v) is 5.60. The molecule has 5 heteroatoms. The van der Waals surface area contributed by atoms with Crippen molar-refractivity contribution in [1.29, 1.82) is 0 Å². The molecule has 1 N–H and O–H groups in total. The van der Waals surface area contributed by atoms with E-state index in [0.29, 0.717) is 9.90 Å². The van der Waals surface area contributed by atoms with Crippen LogP contribution in [0.4, 0.5) is 5.69 Å². The number of benzene rings is 1. The van der Waals surface area contributed by atoms with Crippen molar-refractivity contribution in [3.8, 4) is 0 Å². The Hall–Kier alpha value is -1.33. The van der Waals surface area contributed by atoms with Gasteiger partial charge < -0.3 is 0 Å². The van der Waals surface area contributed by atoms with Crippen LogP contribution in [0.15, 0.2) is 40.6 Å². The van der Waals surface area contributed by atoms with Crippen molar-refractivity contribution >= 4 is 27.0 Å². The van der Waals surface area contributed by atoms with Crippen LogP contribution in [0.1, 0.15) is 23.8 Å². The van der Waals surface area contributed by atoms with E-state index in [9.17, 15) is 8.42 Å². The highest BCUT2D eigenvalue weighted by Gasteiger charge is 2.15. The zero-order valence-electron chi connectivity index (χ0n) is 11.0. The first kappa shape index (κ1) is 14.1. The maximum atomic E-state index is 12.1. The van der Waals surface area contributed by atoms with Gasteiger partial charge in [-0.1, -0.05) is 25.5 Å². The average molecular weight is 295 g/mol. The van der Waals surface area contributed by atoms with Gasteiger partial charge in [0.1, 0.15) is 4.21 Å². The maximum absolute atomic E-state index is 12.1. The van der Waals surface area contributed by atoms with E-state index in [1.807, 2.05) is 37.3 Å². The standard InChI is InChI=1S/C14H17NO2S2/c1-3-4-12-6-8-13(9-7-12)15-19(16,17)14-10-5-11(2)18-14/h5-10,15H,3-4H2,1-2H3. The lowest BCUT2D eigenvalue weighted by molar-refractivity contribution is 0.603. The number of thiophene rings is 1. The predicted octanol–water partition coefficient (Wildman–Crippen LogP) is 3.81. The van der Waals surface area contributed by atoms with Crippen LogP contribution in [0.25, 0.3) is 0 Å². The third-order valence-electron chi connectivity index (χ3n) is 2.73. The van der Waals surface area contributed by atoms with E-state index in [-0.39, 0.29) is 0 Å². The van der Waals surface area contributed by atoms with Crippen molar-refractivity contribution in [2.24, 2.45) is 0 Å². The number of aryl methyl sites for hydroxylation is 2. The predicted molar refractivity (Wildman–Crippen MR) is 80.3 cm³/mol. The van der Waals surface area contributed by atoms with Crippen LogP contribution in [0.2, 0.25) is 0 Å². The fraction of sp³-hybridized carbons (Fsp3) is 0.286. The Bertz CT molecular complexity index is 642. The molecule has 102 valence electrons. The van der Waals surface area contributed by atoms with E-state index in [2.05, 4.69) is 11.6 Å². The van der Waals surface area contributed by atoms with E-state index in [4.69, 9.17) is 0 Å². The van der Waals surface area contributed by atoms with Gasteiger partial charge in [-0.15, -0.1) is 11.3 Å². The van der Waals surface area contributed by atoms with E-state index < -0.39 is 10.0 Å². The first-order valence-corrected chi connectivity index (χ1v) is 8.49. The van der Waals surface area contributed by atoms with Gasteiger partial charge in [-0.25, -0.2) is 8.42 Å². The number of rotatable bonds is 5. The molecule has 3 nitrogen and oxygen atoms in total. The van der Waals surface area contributed by atoms with E-state index in [1.54, 1.807) is 6.07 Å². The second-order valence-corrected chi connectivity index (χ2v) is 7.61. The van der Waals surface area contributed by atoms with Crippen molar-refractivity contribution in [2.75, 3.05) is 4.72 Å². The van der Waals surface area contributed by atoms with Crippen LogP contribution in [0.3, 0.4) is 0 Å². The van der Waals surface area contributed by atoms with Gasteiger partial charge in [0.15, 0.2) is 0 Å². The van der Waals surface area contributed by atoms with Crippen molar-refractivity contribution in [3.05, 3.63) is 46.8 Å². The first-order chi connectivity index (χ1) is 9.01. The molecule has 0 aliphatic heterocycles. The Labute approximate surface area is 118 Å². The molecular formula is C14H17NO2S2. The molecule has 2 aromatic rings. The quantitative estimate of drug-likeness (QED) is 0.911. The summed E-state index contributed by atoms with van der Waals surface area (Å²) in [6.07, 6.45) is 2.09. The Morgan fingerprint density at radius 3 is 2.32 bits per heavy atom. The van der Waals surface area contributed by atoms with Gasteiger partial charge in [0.25, 0.3) is 10.0 Å². The van der Waals surface area contributed by atoms with Gasteiger partial charge >= 0.3 is 0 Å². The van der Waals surface area contributed by atoms with Crippen LogP contribution >= 0.6 is 11.3 Å². The topological polar surface area (TPSA) is 46.2 Å². The van der Waals surface area contributed by atoms with Gasteiger partial charge in [0, 0.05) is 10.6 Å². The molecule has 0 unspecified atom stereocenters. The van der Waals surface area contributed by atoms with Crippen LogP contribution in [0, 0.1) is 6.92 Å². The molecule has 0 radical (unpaired) electrons. The lowest BCUT2D eigenvalue weighted by Crippen LogP contribution is -2.11. The highest BCUT2D eigenvalue weighted by atomic mass is 32.2. The molecular weight excluding hydrogens is 278 g/mol. The molecule has 0 bridgehead atoms. The summed E-state index contributed by atoms with van der Waals surface area (Å²) in [4.78, 5) is 0.985. The fourth-order valence-electron chi connectivity index (χ4n) is 1.79.